The summed E-state index contributed by atoms with van der Waals surface area (Å²) in [5.41, 5.74) is 3.35. The molecule has 1 aliphatic heterocycles. The van der Waals surface area contributed by atoms with Crippen LogP contribution in [0.25, 0.3) is 0 Å². The molecule has 3 aromatic carbocycles. The van der Waals surface area contributed by atoms with Gasteiger partial charge in [-0.3, -0.25) is 4.90 Å². The van der Waals surface area contributed by atoms with Gasteiger partial charge in [0.15, 0.2) is 0 Å². The minimum absolute atomic E-state index is 0.0443. The van der Waals surface area contributed by atoms with Crippen LogP contribution in [0.5, 0.6) is 0 Å². The Morgan fingerprint density at radius 2 is 1.53 bits per heavy atom. The van der Waals surface area contributed by atoms with Gasteiger partial charge in [-0.25, -0.2) is 8.42 Å². The Morgan fingerprint density at radius 1 is 0.906 bits per heavy atom. The van der Waals surface area contributed by atoms with E-state index in [1.165, 1.54) is 15.4 Å². The van der Waals surface area contributed by atoms with Gasteiger partial charge in [0.2, 0.25) is 10.0 Å². The predicted molar refractivity (Wildman–Crippen MR) is 129 cm³/mol. The van der Waals surface area contributed by atoms with E-state index in [1.807, 2.05) is 43.3 Å². The zero-order chi connectivity index (χ0) is 22.7. The van der Waals surface area contributed by atoms with Crippen molar-refractivity contribution < 1.29 is 8.42 Å². The first-order chi connectivity index (χ1) is 15.4. The zero-order valence-electron chi connectivity index (χ0n) is 17.8. The van der Waals surface area contributed by atoms with E-state index in [0.29, 0.717) is 26.2 Å². The van der Waals surface area contributed by atoms with Gasteiger partial charge in [0, 0.05) is 30.7 Å². The Balaban J connectivity index is 1.59. The van der Waals surface area contributed by atoms with Crippen LogP contribution in [0, 0.1) is 18.3 Å². The van der Waals surface area contributed by atoms with Crippen LogP contribution < -0.4 is 0 Å². The third-order valence-corrected chi connectivity index (χ3v) is 8.28. The molecule has 7 heteroatoms. The van der Waals surface area contributed by atoms with Crippen molar-refractivity contribution in [1.82, 2.24) is 9.21 Å². The van der Waals surface area contributed by atoms with Crippen LogP contribution in [0.4, 0.5) is 0 Å². The smallest absolute Gasteiger partial charge is 0.244 e. The van der Waals surface area contributed by atoms with Crippen molar-refractivity contribution in [3.05, 3.63) is 99.5 Å². The molecular formula is C25H24BrN3O2S. The fourth-order valence-electron chi connectivity index (χ4n) is 4.17. The molecule has 0 spiro atoms. The Kier molecular flexibility index (Phi) is 6.77. The maximum absolute atomic E-state index is 13.3. The lowest BCUT2D eigenvalue weighted by Crippen LogP contribution is -2.49. The molecule has 3 aromatic rings. The lowest BCUT2D eigenvalue weighted by Gasteiger charge is -2.39. The Hall–Kier alpha value is -2.50. The second kappa shape index (κ2) is 9.55. The molecule has 0 amide bonds. The van der Waals surface area contributed by atoms with Crippen molar-refractivity contribution in [1.29, 1.82) is 5.26 Å². The molecule has 0 bridgehead atoms. The summed E-state index contributed by atoms with van der Waals surface area (Å²) in [6, 6.07) is 25.6. The minimum Gasteiger partial charge on any atom is -0.290 e. The van der Waals surface area contributed by atoms with E-state index in [-0.39, 0.29) is 16.5 Å². The van der Waals surface area contributed by atoms with Crippen molar-refractivity contribution in [2.75, 3.05) is 26.2 Å². The van der Waals surface area contributed by atoms with Gasteiger partial charge in [0.1, 0.15) is 11.0 Å². The molecule has 1 atom stereocenters. The van der Waals surface area contributed by atoms with E-state index in [4.69, 9.17) is 0 Å². The molecule has 0 saturated carbocycles. The predicted octanol–water partition coefficient (Wildman–Crippen LogP) is 4.73. The maximum atomic E-state index is 13.3. The first-order valence-corrected chi connectivity index (χ1v) is 12.7. The number of nitrogens with zero attached hydrogens (tertiary/aromatic N) is 3. The zero-order valence-corrected chi connectivity index (χ0v) is 20.2. The van der Waals surface area contributed by atoms with E-state index in [1.54, 1.807) is 18.2 Å². The van der Waals surface area contributed by atoms with Crippen LogP contribution >= 0.6 is 15.9 Å². The van der Waals surface area contributed by atoms with Gasteiger partial charge in [0.05, 0.1) is 11.6 Å². The number of benzene rings is 3. The van der Waals surface area contributed by atoms with Crippen molar-refractivity contribution in [2.45, 2.75) is 17.9 Å². The summed E-state index contributed by atoms with van der Waals surface area (Å²) in [5.74, 6) is 0. The molecule has 1 saturated heterocycles. The lowest BCUT2D eigenvalue weighted by atomic mass is 9.96. The Labute approximate surface area is 198 Å². The second-order valence-corrected chi connectivity index (χ2v) is 10.7. The van der Waals surface area contributed by atoms with Gasteiger partial charge >= 0.3 is 0 Å². The third-order valence-electron chi connectivity index (χ3n) is 5.81. The SMILES string of the molecule is Cc1ccc(C#N)c(S(=O)(=O)N2CCN([C@@H](c3ccccc3)c3ccc(Br)cc3)CC2)c1. The normalized spacial score (nSPS) is 16.4. The average Bonchev–Trinajstić information content (AvgIpc) is 2.81. The molecule has 0 radical (unpaired) electrons. The summed E-state index contributed by atoms with van der Waals surface area (Å²) in [5, 5.41) is 9.41. The summed E-state index contributed by atoms with van der Waals surface area (Å²) < 4.78 is 29.2. The number of hydrogen-bond acceptors (Lipinski definition) is 4. The van der Waals surface area contributed by atoms with E-state index >= 15 is 0 Å². The topological polar surface area (TPSA) is 64.4 Å². The van der Waals surface area contributed by atoms with Gasteiger partial charge < -0.3 is 0 Å². The van der Waals surface area contributed by atoms with Crippen molar-refractivity contribution >= 4 is 26.0 Å². The highest BCUT2D eigenvalue weighted by Crippen LogP contribution is 2.31. The average molecular weight is 510 g/mol. The van der Waals surface area contributed by atoms with Crippen LogP contribution in [-0.4, -0.2) is 43.8 Å². The lowest BCUT2D eigenvalue weighted by molar-refractivity contribution is 0.156. The monoisotopic (exact) mass is 509 g/mol. The molecule has 0 aliphatic carbocycles. The number of hydrogen-bond donors (Lipinski definition) is 0. The van der Waals surface area contributed by atoms with Crippen LogP contribution in [0.1, 0.15) is 28.3 Å². The molecule has 164 valence electrons. The fraction of sp³-hybridized carbons (Fsp3) is 0.240. The van der Waals surface area contributed by atoms with Gasteiger partial charge in [-0.1, -0.05) is 64.5 Å². The first-order valence-electron chi connectivity index (χ1n) is 10.5. The minimum atomic E-state index is -3.73. The van der Waals surface area contributed by atoms with E-state index in [2.05, 4.69) is 45.1 Å². The number of rotatable bonds is 5. The first kappa shape index (κ1) is 22.7. The molecule has 1 heterocycles. The van der Waals surface area contributed by atoms with Gasteiger partial charge in [-0.15, -0.1) is 0 Å². The van der Waals surface area contributed by atoms with Gasteiger partial charge in [0.25, 0.3) is 0 Å². The van der Waals surface area contributed by atoms with Gasteiger partial charge in [-0.05, 0) is 47.9 Å². The number of aryl methyl sites for hydroxylation is 1. The molecule has 1 aliphatic rings. The van der Waals surface area contributed by atoms with Crippen molar-refractivity contribution in [2.24, 2.45) is 0 Å². The number of halogens is 1. The van der Waals surface area contributed by atoms with Crippen LogP contribution in [0.2, 0.25) is 0 Å². The molecule has 0 N–H and O–H groups in total. The third kappa shape index (κ3) is 4.64. The largest absolute Gasteiger partial charge is 0.290 e. The summed E-state index contributed by atoms with van der Waals surface area (Å²) >= 11 is 3.51. The summed E-state index contributed by atoms with van der Waals surface area (Å²) in [6.07, 6.45) is 0. The molecule has 0 aromatic heterocycles. The highest BCUT2D eigenvalue weighted by molar-refractivity contribution is 9.10. The summed E-state index contributed by atoms with van der Waals surface area (Å²) in [6.45, 7) is 3.79. The second-order valence-electron chi connectivity index (χ2n) is 7.92. The van der Waals surface area contributed by atoms with Crippen LogP contribution in [0.3, 0.4) is 0 Å². The standard InChI is InChI=1S/C25H24BrN3O2S/c1-19-7-8-22(18-27)24(17-19)32(30,31)29-15-13-28(14-16-29)25(20-5-3-2-4-6-20)21-9-11-23(26)12-10-21/h2-12,17,25H,13-16H2,1H3/t25-/m0/s1. The summed E-state index contributed by atoms with van der Waals surface area (Å²) in [7, 11) is -3.73. The number of nitriles is 1. The van der Waals surface area contributed by atoms with E-state index < -0.39 is 10.0 Å². The molecule has 32 heavy (non-hydrogen) atoms. The highest BCUT2D eigenvalue weighted by atomic mass is 79.9. The van der Waals surface area contributed by atoms with Crippen molar-refractivity contribution in [3.63, 3.8) is 0 Å². The molecule has 5 nitrogen and oxygen atoms in total. The fourth-order valence-corrected chi connectivity index (χ4v) is 6.08. The van der Waals surface area contributed by atoms with Crippen LogP contribution in [-0.2, 0) is 10.0 Å². The van der Waals surface area contributed by atoms with Gasteiger partial charge in [-0.2, -0.15) is 9.57 Å². The molecular weight excluding hydrogens is 486 g/mol. The van der Waals surface area contributed by atoms with Crippen LogP contribution in [0.15, 0.2) is 82.2 Å². The van der Waals surface area contributed by atoms with E-state index in [0.717, 1.165) is 10.0 Å². The van der Waals surface area contributed by atoms with Crippen molar-refractivity contribution in [3.8, 4) is 6.07 Å². The molecule has 1 fully saturated rings. The Morgan fingerprint density at radius 3 is 2.16 bits per heavy atom. The Bertz CT molecular complexity index is 1230. The molecule has 4 rings (SSSR count). The number of sulfonamides is 1. The summed E-state index contributed by atoms with van der Waals surface area (Å²) in [4.78, 5) is 2.42. The highest BCUT2D eigenvalue weighted by Gasteiger charge is 2.33. The molecule has 0 unspecified atom stereocenters. The number of piperazine rings is 1. The van der Waals surface area contributed by atoms with E-state index in [9.17, 15) is 13.7 Å². The quantitative estimate of drug-likeness (QED) is 0.498. The maximum Gasteiger partial charge on any atom is 0.244 e.